The number of carbonyl (C=O) groups is 1. The topological polar surface area (TPSA) is 26.3 Å². The van der Waals surface area contributed by atoms with E-state index in [1.165, 1.54) is 0 Å². The van der Waals surface area contributed by atoms with Gasteiger partial charge in [-0.05, 0) is 6.07 Å². The van der Waals surface area contributed by atoms with Crippen molar-refractivity contribution < 1.29 is 9.53 Å². The number of benzene rings is 1. The molecule has 0 aliphatic carbocycles. The maximum Gasteiger partial charge on any atom is 0.334 e. The summed E-state index contributed by atoms with van der Waals surface area (Å²) >= 11 is 5.72. The highest BCUT2D eigenvalue weighted by Crippen LogP contribution is 2.36. The van der Waals surface area contributed by atoms with Crippen molar-refractivity contribution in [2.75, 3.05) is 0 Å². The average molecular weight is 169 g/mol. The molecule has 0 bridgehead atoms. The molecule has 0 saturated heterocycles. The lowest BCUT2D eigenvalue weighted by atomic mass is 10.2. The van der Waals surface area contributed by atoms with Crippen LogP contribution in [0.4, 0.5) is 0 Å². The van der Waals surface area contributed by atoms with Crippen molar-refractivity contribution >= 4 is 17.6 Å². The van der Waals surface area contributed by atoms with E-state index in [2.05, 4.69) is 0 Å². The van der Waals surface area contributed by atoms with Gasteiger partial charge in [0.1, 0.15) is 5.75 Å². The first kappa shape index (κ1) is 6.68. The molecule has 1 heterocycles. The fraction of sp³-hybridized carbons (Fsp3) is 0.125. The monoisotopic (exact) mass is 168 g/mol. The Morgan fingerprint density at radius 3 is 2.82 bits per heavy atom. The molecule has 0 spiro atoms. The van der Waals surface area contributed by atoms with E-state index in [4.69, 9.17) is 16.3 Å². The number of para-hydroxylation sites is 1. The molecule has 1 aromatic rings. The van der Waals surface area contributed by atoms with Gasteiger partial charge in [-0.25, -0.2) is 4.79 Å². The van der Waals surface area contributed by atoms with Crippen LogP contribution in [0.5, 0.6) is 5.75 Å². The Kier molecular flexibility index (Phi) is 1.36. The summed E-state index contributed by atoms with van der Waals surface area (Å²) in [6, 6.07) is 7.16. The molecule has 0 aromatic heterocycles. The molecule has 0 saturated carbocycles. The van der Waals surface area contributed by atoms with E-state index >= 15 is 0 Å². The van der Waals surface area contributed by atoms with Gasteiger partial charge in [-0.15, -0.1) is 11.6 Å². The molecular weight excluding hydrogens is 164 g/mol. The largest absolute Gasteiger partial charge is 0.425 e. The third-order valence-corrected chi connectivity index (χ3v) is 2.02. The second kappa shape index (κ2) is 2.24. The highest BCUT2D eigenvalue weighted by molar-refractivity contribution is 6.31. The predicted molar refractivity (Wildman–Crippen MR) is 40.7 cm³/mol. The van der Waals surface area contributed by atoms with E-state index in [9.17, 15) is 4.79 Å². The number of rotatable bonds is 0. The summed E-state index contributed by atoms with van der Waals surface area (Å²) in [5, 5.41) is -0.619. The molecule has 1 aliphatic heterocycles. The first-order valence-electron chi connectivity index (χ1n) is 3.24. The van der Waals surface area contributed by atoms with E-state index in [-0.39, 0.29) is 5.97 Å². The van der Waals surface area contributed by atoms with Crippen LogP contribution in [-0.4, -0.2) is 5.97 Å². The van der Waals surface area contributed by atoms with Crippen molar-refractivity contribution in [3.63, 3.8) is 0 Å². The van der Waals surface area contributed by atoms with Crippen molar-refractivity contribution in [1.82, 2.24) is 0 Å². The Hall–Kier alpha value is -1.02. The standard InChI is InChI=1S/C8H5ClO2/c9-7-5-3-1-2-4-6(5)11-8(7)10/h1-4,7H. The zero-order chi connectivity index (χ0) is 7.84. The van der Waals surface area contributed by atoms with Gasteiger partial charge in [-0.1, -0.05) is 18.2 Å². The van der Waals surface area contributed by atoms with Crippen molar-refractivity contribution in [3.8, 4) is 5.75 Å². The second-order valence-corrected chi connectivity index (χ2v) is 2.76. The Balaban J connectivity index is 2.55. The van der Waals surface area contributed by atoms with Gasteiger partial charge in [-0.3, -0.25) is 0 Å². The Bertz CT molecular complexity index is 309. The SMILES string of the molecule is O=C1Oc2ccccc2C1Cl. The molecule has 0 fully saturated rings. The molecule has 1 unspecified atom stereocenters. The minimum atomic E-state index is -0.619. The smallest absolute Gasteiger partial charge is 0.334 e. The van der Waals surface area contributed by atoms with Crippen LogP contribution in [0, 0.1) is 0 Å². The maximum atomic E-state index is 10.9. The highest BCUT2D eigenvalue weighted by atomic mass is 35.5. The van der Waals surface area contributed by atoms with Crippen LogP contribution in [0.25, 0.3) is 0 Å². The molecule has 2 nitrogen and oxygen atoms in total. The normalized spacial score (nSPS) is 21.2. The summed E-state index contributed by atoms with van der Waals surface area (Å²) in [7, 11) is 0. The van der Waals surface area contributed by atoms with Crippen molar-refractivity contribution in [3.05, 3.63) is 29.8 Å². The van der Waals surface area contributed by atoms with Gasteiger partial charge in [-0.2, -0.15) is 0 Å². The number of hydrogen-bond donors (Lipinski definition) is 0. The van der Waals surface area contributed by atoms with E-state index in [1.807, 2.05) is 6.07 Å². The number of carbonyl (C=O) groups excluding carboxylic acids is 1. The van der Waals surface area contributed by atoms with Gasteiger partial charge in [0, 0.05) is 5.56 Å². The van der Waals surface area contributed by atoms with E-state index in [0.717, 1.165) is 5.56 Å². The van der Waals surface area contributed by atoms with Crippen LogP contribution in [0.3, 0.4) is 0 Å². The molecule has 1 aliphatic rings. The van der Waals surface area contributed by atoms with E-state index < -0.39 is 5.38 Å². The lowest BCUT2D eigenvalue weighted by Crippen LogP contribution is -2.03. The fourth-order valence-corrected chi connectivity index (χ4v) is 1.29. The van der Waals surface area contributed by atoms with Crippen molar-refractivity contribution in [1.29, 1.82) is 0 Å². The number of hydrogen-bond acceptors (Lipinski definition) is 2. The summed E-state index contributed by atoms with van der Waals surface area (Å²) in [6.07, 6.45) is 0. The van der Waals surface area contributed by atoms with Crippen LogP contribution in [0.15, 0.2) is 24.3 Å². The summed E-state index contributed by atoms with van der Waals surface area (Å²) in [5.41, 5.74) is 0.763. The maximum absolute atomic E-state index is 10.9. The van der Waals surface area contributed by atoms with Crippen LogP contribution in [0.1, 0.15) is 10.9 Å². The zero-order valence-corrected chi connectivity index (χ0v) is 6.34. The first-order chi connectivity index (χ1) is 5.29. The van der Waals surface area contributed by atoms with E-state index in [0.29, 0.717) is 5.75 Å². The lowest BCUT2D eigenvalue weighted by molar-refractivity contribution is -0.132. The summed E-state index contributed by atoms with van der Waals surface area (Å²) in [6.45, 7) is 0. The Morgan fingerprint density at radius 1 is 1.36 bits per heavy atom. The number of esters is 1. The summed E-state index contributed by atoms with van der Waals surface area (Å²) in [5.74, 6) is 0.199. The minimum Gasteiger partial charge on any atom is -0.425 e. The molecule has 1 aromatic carbocycles. The first-order valence-corrected chi connectivity index (χ1v) is 3.67. The van der Waals surface area contributed by atoms with Gasteiger partial charge < -0.3 is 4.74 Å². The molecule has 11 heavy (non-hydrogen) atoms. The zero-order valence-electron chi connectivity index (χ0n) is 5.58. The van der Waals surface area contributed by atoms with Crippen LogP contribution in [0.2, 0.25) is 0 Å². The van der Waals surface area contributed by atoms with Crippen LogP contribution < -0.4 is 4.74 Å². The Labute approximate surface area is 68.7 Å². The third-order valence-electron chi connectivity index (χ3n) is 1.61. The number of halogens is 1. The summed E-state index contributed by atoms with van der Waals surface area (Å²) in [4.78, 5) is 10.9. The van der Waals surface area contributed by atoms with E-state index in [1.54, 1.807) is 18.2 Å². The number of fused-ring (bicyclic) bond motifs is 1. The van der Waals surface area contributed by atoms with Gasteiger partial charge >= 0.3 is 5.97 Å². The van der Waals surface area contributed by atoms with Crippen LogP contribution >= 0.6 is 11.6 Å². The molecule has 56 valence electrons. The molecule has 0 radical (unpaired) electrons. The molecule has 2 rings (SSSR count). The fourth-order valence-electron chi connectivity index (χ4n) is 1.07. The number of ether oxygens (including phenoxy) is 1. The van der Waals surface area contributed by atoms with Crippen molar-refractivity contribution in [2.24, 2.45) is 0 Å². The van der Waals surface area contributed by atoms with Gasteiger partial charge in [0.15, 0.2) is 5.38 Å². The average Bonchev–Trinajstić information content (AvgIpc) is 2.30. The van der Waals surface area contributed by atoms with Gasteiger partial charge in [0.2, 0.25) is 0 Å². The van der Waals surface area contributed by atoms with Gasteiger partial charge in [0.25, 0.3) is 0 Å². The molecule has 0 amide bonds. The minimum absolute atomic E-state index is 0.382. The van der Waals surface area contributed by atoms with Crippen LogP contribution in [-0.2, 0) is 4.79 Å². The van der Waals surface area contributed by atoms with Gasteiger partial charge in [0.05, 0.1) is 0 Å². The number of alkyl halides is 1. The summed E-state index contributed by atoms with van der Waals surface area (Å²) < 4.78 is 4.85. The molecule has 1 atom stereocenters. The molecule has 0 N–H and O–H groups in total. The molecule has 3 heteroatoms. The molecular formula is C8H5ClO2. The third kappa shape index (κ3) is 0.906. The van der Waals surface area contributed by atoms with Crippen molar-refractivity contribution in [2.45, 2.75) is 5.38 Å². The highest BCUT2D eigenvalue weighted by Gasteiger charge is 2.30. The Morgan fingerprint density at radius 2 is 2.09 bits per heavy atom. The lowest BCUT2D eigenvalue weighted by Gasteiger charge is -1.93. The second-order valence-electron chi connectivity index (χ2n) is 2.32. The predicted octanol–water partition coefficient (Wildman–Crippen LogP) is 1.89. The quantitative estimate of drug-likeness (QED) is 0.336.